The van der Waals surface area contributed by atoms with E-state index in [2.05, 4.69) is 32.7 Å². The molecule has 3 heterocycles. The number of nitrogens with two attached hydrogens (primary N) is 1. The Kier molecular flexibility index (Phi) is 3.58. The highest BCUT2D eigenvalue weighted by molar-refractivity contribution is 5.14. The van der Waals surface area contributed by atoms with Gasteiger partial charge in [-0.05, 0) is 6.42 Å². The Morgan fingerprint density at radius 2 is 2.25 bits per heavy atom. The minimum Gasteiger partial charge on any atom is -0.333 e. The summed E-state index contributed by atoms with van der Waals surface area (Å²) in [4.78, 5) is 6.86. The van der Waals surface area contributed by atoms with Crippen LogP contribution in [0.1, 0.15) is 30.8 Å². The van der Waals surface area contributed by atoms with E-state index in [4.69, 9.17) is 5.73 Å². The Morgan fingerprint density at radius 1 is 1.40 bits per heavy atom. The lowest BCUT2D eigenvalue weighted by molar-refractivity contribution is 0.130. The van der Waals surface area contributed by atoms with Gasteiger partial charge in [0.1, 0.15) is 5.82 Å². The molecular weight excluding hydrogens is 252 g/mol. The first kappa shape index (κ1) is 13.3. The fourth-order valence-corrected chi connectivity index (χ4v) is 2.97. The molecule has 2 aromatic rings. The first-order valence-electron chi connectivity index (χ1n) is 7.17. The second-order valence-electron chi connectivity index (χ2n) is 5.47. The van der Waals surface area contributed by atoms with Gasteiger partial charge in [0.15, 0.2) is 0 Å². The van der Waals surface area contributed by atoms with Crippen molar-refractivity contribution in [3.8, 4) is 0 Å². The van der Waals surface area contributed by atoms with Gasteiger partial charge >= 0.3 is 0 Å². The highest BCUT2D eigenvalue weighted by atomic mass is 15.3. The largest absolute Gasteiger partial charge is 0.333 e. The molecule has 6 nitrogen and oxygen atoms in total. The van der Waals surface area contributed by atoms with E-state index in [-0.39, 0.29) is 12.1 Å². The average molecular weight is 274 g/mol. The Bertz CT molecular complexity index is 572. The van der Waals surface area contributed by atoms with E-state index in [1.807, 2.05) is 30.3 Å². The van der Waals surface area contributed by atoms with E-state index in [0.717, 1.165) is 31.9 Å². The molecule has 2 unspecified atom stereocenters. The number of fused-ring (bicyclic) bond motifs is 1. The molecule has 0 fully saturated rings. The van der Waals surface area contributed by atoms with Gasteiger partial charge in [0.25, 0.3) is 0 Å². The molecule has 0 saturated heterocycles. The summed E-state index contributed by atoms with van der Waals surface area (Å²) in [7, 11) is 1.95. The van der Waals surface area contributed by atoms with Crippen molar-refractivity contribution < 1.29 is 0 Å². The molecule has 3 rings (SSSR count). The van der Waals surface area contributed by atoms with Crippen molar-refractivity contribution in [2.75, 3.05) is 6.54 Å². The summed E-state index contributed by atoms with van der Waals surface area (Å²) >= 11 is 0. The first-order valence-corrected chi connectivity index (χ1v) is 7.17. The smallest absolute Gasteiger partial charge is 0.122 e. The lowest BCUT2D eigenvalue weighted by Crippen LogP contribution is -2.44. The molecule has 108 valence electrons. The quantitative estimate of drug-likeness (QED) is 0.900. The van der Waals surface area contributed by atoms with Gasteiger partial charge in [-0.15, -0.1) is 0 Å². The van der Waals surface area contributed by atoms with Crippen molar-refractivity contribution in [3.63, 3.8) is 0 Å². The molecule has 0 saturated carbocycles. The van der Waals surface area contributed by atoms with Crippen molar-refractivity contribution in [1.29, 1.82) is 0 Å². The Hall–Kier alpha value is -1.66. The minimum absolute atomic E-state index is 0.112. The van der Waals surface area contributed by atoms with E-state index >= 15 is 0 Å². The number of hydrogen-bond donors (Lipinski definition) is 1. The molecular formula is C14H22N6. The molecule has 0 aromatic carbocycles. The summed E-state index contributed by atoms with van der Waals surface area (Å²) in [6, 6.07) is 0.319. The van der Waals surface area contributed by atoms with Crippen LogP contribution in [0.5, 0.6) is 0 Å². The molecule has 0 amide bonds. The van der Waals surface area contributed by atoms with Crippen LogP contribution in [0.25, 0.3) is 0 Å². The molecule has 0 radical (unpaired) electrons. The van der Waals surface area contributed by atoms with Crippen LogP contribution in [0.15, 0.2) is 24.8 Å². The van der Waals surface area contributed by atoms with Gasteiger partial charge in [-0.2, -0.15) is 5.10 Å². The zero-order valence-corrected chi connectivity index (χ0v) is 12.1. The molecule has 20 heavy (non-hydrogen) atoms. The third-order valence-electron chi connectivity index (χ3n) is 4.11. The summed E-state index contributed by atoms with van der Waals surface area (Å²) in [6.45, 7) is 4.96. The standard InChI is InChI=1S/C14H22N6/c1-3-12(15)14(11-8-17-18(2)9-11)20-7-6-19-5-4-16-13(19)10-20/h4-5,8-9,12,14H,3,6-7,10,15H2,1-2H3. The maximum Gasteiger partial charge on any atom is 0.122 e. The SMILES string of the molecule is CCC(N)C(c1cnn(C)c1)N1CCn2ccnc2C1. The second-order valence-corrected chi connectivity index (χ2v) is 5.47. The Labute approximate surface area is 119 Å². The van der Waals surface area contributed by atoms with Crippen LogP contribution < -0.4 is 5.73 Å². The van der Waals surface area contributed by atoms with Crippen LogP contribution in [-0.2, 0) is 20.1 Å². The average Bonchev–Trinajstić information content (AvgIpc) is 3.07. The molecule has 0 spiro atoms. The fourth-order valence-electron chi connectivity index (χ4n) is 2.97. The number of nitrogens with zero attached hydrogens (tertiary/aromatic N) is 5. The number of aromatic nitrogens is 4. The summed E-state index contributed by atoms with van der Waals surface area (Å²) in [5.74, 6) is 1.12. The highest BCUT2D eigenvalue weighted by Crippen LogP contribution is 2.28. The van der Waals surface area contributed by atoms with Crippen LogP contribution in [-0.4, -0.2) is 36.8 Å². The van der Waals surface area contributed by atoms with E-state index < -0.39 is 0 Å². The first-order chi connectivity index (χ1) is 9.69. The van der Waals surface area contributed by atoms with Crippen molar-refractivity contribution in [2.24, 2.45) is 12.8 Å². The van der Waals surface area contributed by atoms with Crippen LogP contribution in [0.2, 0.25) is 0 Å². The molecule has 1 aliphatic rings. The number of aryl methyl sites for hydroxylation is 1. The topological polar surface area (TPSA) is 64.9 Å². The molecule has 6 heteroatoms. The normalized spacial score (nSPS) is 18.8. The van der Waals surface area contributed by atoms with Gasteiger partial charge < -0.3 is 10.3 Å². The maximum absolute atomic E-state index is 6.38. The van der Waals surface area contributed by atoms with Crippen LogP contribution >= 0.6 is 0 Å². The molecule has 0 aliphatic carbocycles. The lowest BCUT2D eigenvalue weighted by Gasteiger charge is -2.37. The predicted octanol–water partition coefficient (Wildman–Crippen LogP) is 0.911. The van der Waals surface area contributed by atoms with Crippen LogP contribution in [0.4, 0.5) is 0 Å². The summed E-state index contributed by atoms with van der Waals surface area (Å²) in [5.41, 5.74) is 7.57. The summed E-state index contributed by atoms with van der Waals surface area (Å²) in [6.07, 6.45) is 8.87. The third kappa shape index (κ3) is 2.36. The van der Waals surface area contributed by atoms with E-state index in [1.54, 1.807) is 0 Å². The monoisotopic (exact) mass is 274 g/mol. The van der Waals surface area contributed by atoms with Gasteiger partial charge in [0.05, 0.1) is 18.8 Å². The highest BCUT2D eigenvalue weighted by Gasteiger charge is 2.29. The number of hydrogen-bond acceptors (Lipinski definition) is 4. The number of rotatable bonds is 4. The number of imidazole rings is 1. The molecule has 0 bridgehead atoms. The van der Waals surface area contributed by atoms with E-state index in [9.17, 15) is 0 Å². The van der Waals surface area contributed by atoms with Gasteiger partial charge in [-0.25, -0.2) is 4.98 Å². The molecule has 2 atom stereocenters. The molecule has 1 aliphatic heterocycles. The van der Waals surface area contributed by atoms with E-state index in [0.29, 0.717) is 0 Å². The Balaban J connectivity index is 1.87. The zero-order chi connectivity index (χ0) is 14.1. The second kappa shape index (κ2) is 5.38. The summed E-state index contributed by atoms with van der Waals surface area (Å²) in [5, 5.41) is 4.30. The fraction of sp³-hybridized carbons (Fsp3) is 0.571. The van der Waals surface area contributed by atoms with Gasteiger partial charge in [-0.1, -0.05) is 6.92 Å². The van der Waals surface area contributed by atoms with Crippen molar-refractivity contribution in [1.82, 2.24) is 24.2 Å². The van der Waals surface area contributed by atoms with E-state index in [1.165, 1.54) is 5.56 Å². The predicted molar refractivity (Wildman–Crippen MR) is 76.9 cm³/mol. The van der Waals surface area contributed by atoms with Crippen LogP contribution in [0.3, 0.4) is 0 Å². The third-order valence-corrected chi connectivity index (χ3v) is 4.11. The van der Waals surface area contributed by atoms with Crippen molar-refractivity contribution in [2.45, 2.75) is 38.5 Å². The van der Waals surface area contributed by atoms with Gasteiger partial charge in [0, 0.05) is 50.3 Å². The summed E-state index contributed by atoms with van der Waals surface area (Å²) < 4.78 is 4.06. The van der Waals surface area contributed by atoms with Crippen molar-refractivity contribution >= 4 is 0 Å². The Morgan fingerprint density at radius 3 is 2.95 bits per heavy atom. The zero-order valence-electron chi connectivity index (χ0n) is 12.1. The van der Waals surface area contributed by atoms with Gasteiger partial charge in [-0.3, -0.25) is 9.58 Å². The molecule has 2 N–H and O–H groups in total. The van der Waals surface area contributed by atoms with Gasteiger partial charge in [0.2, 0.25) is 0 Å². The lowest BCUT2D eigenvalue weighted by atomic mass is 9.98. The maximum atomic E-state index is 6.38. The molecule has 2 aromatic heterocycles. The van der Waals surface area contributed by atoms with Crippen LogP contribution in [0, 0.1) is 0 Å². The van der Waals surface area contributed by atoms with Crippen molar-refractivity contribution in [3.05, 3.63) is 36.2 Å². The minimum atomic E-state index is 0.112.